The smallest absolute Gasteiger partial charge is 0.184 e. The molecule has 1 aromatic carbocycles. The van der Waals surface area contributed by atoms with E-state index in [1.165, 1.54) is 21.8 Å². The number of aromatic nitrogens is 1. The van der Waals surface area contributed by atoms with Gasteiger partial charge in [0.25, 0.3) is 0 Å². The summed E-state index contributed by atoms with van der Waals surface area (Å²) in [5.41, 5.74) is 2.40. The number of methoxy groups -OCH3 is 1. The minimum absolute atomic E-state index is 0.299. The van der Waals surface area contributed by atoms with Crippen LogP contribution in [0.4, 0.5) is 0 Å². The highest BCUT2D eigenvalue weighted by molar-refractivity contribution is 9.10. The molecule has 1 aromatic heterocycles. The number of aryl methyl sites for hydroxylation is 1. The average molecular weight is 483 g/mol. The third kappa shape index (κ3) is 5.48. The standard InChI is InChI=1S/C22H36BrNO2Si2/c1-10-22(2,26-28(7,8)9)14-13-19-18-12-11-17(23)15-20(18)24(16-25-3)21(19)27(4,5)6/h10-12,15H,1,13-14,16H2,2-9H3/t22-/m0/s1. The highest BCUT2D eigenvalue weighted by Gasteiger charge is 2.32. The number of ether oxygens (including phenoxy) is 1. The minimum atomic E-state index is -1.66. The van der Waals surface area contributed by atoms with Crippen LogP contribution in [-0.2, 0) is 22.3 Å². The van der Waals surface area contributed by atoms with Gasteiger partial charge in [-0.2, -0.15) is 0 Å². The summed E-state index contributed by atoms with van der Waals surface area (Å²) in [5.74, 6) is 0. The maximum Gasteiger partial charge on any atom is 0.184 e. The Bertz CT molecular complexity index is 849. The second kappa shape index (κ2) is 8.60. The van der Waals surface area contributed by atoms with Crippen LogP contribution in [0.3, 0.4) is 0 Å². The topological polar surface area (TPSA) is 23.4 Å². The Morgan fingerprint density at radius 1 is 1.18 bits per heavy atom. The first kappa shape index (κ1) is 23.6. The number of halogens is 1. The molecule has 2 aromatic rings. The zero-order valence-corrected chi connectivity index (χ0v) is 22.4. The molecule has 28 heavy (non-hydrogen) atoms. The van der Waals surface area contributed by atoms with Crippen molar-refractivity contribution in [1.82, 2.24) is 4.57 Å². The van der Waals surface area contributed by atoms with Crippen molar-refractivity contribution in [1.29, 1.82) is 0 Å². The first-order chi connectivity index (χ1) is 12.8. The van der Waals surface area contributed by atoms with Gasteiger partial charge in [0.1, 0.15) is 6.73 Å². The second-order valence-electron chi connectivity index (χ2n) is 9.82. The van der Waals surface area contributed by atoms with Crippen LogP contribution >= 0.6 is 15.9 Å². The Labute approximate surface area is 181 Å². The highest BCUT2D eigenvalue weighted by atomic mass is 79.9. The zero-order chi connectivity index (χ0) is 21.3. The molecule has 0 unspecified atom stereocenters. The lowest BCUT2D eigenvalue weighted by Gasteiger charge is -2.34. The Morgan fingerprint density at radius 2 is 1.82 bits per heavy atom. The van der Waals surface area contributed by atoms with E-state index in [1.807, 2.05) is 6.08 Å². The fourth-order valence-electron chi connectivity index (χ4n) is 4.04. The van der Waals surface area contributed by atoms with Crippen LogP contribution in [0.1, 0.15) is 18.9 Å². The van der Waals surface area contributed by atoms with Gasteiger partial charge in [0.2, 0.25) is 0 Å². The van der Waals surface area contributed by atoms with Gasteiger partial charge in [-0.1, -0.05) is 47.7 Å². The summed E-state index contributed by atoms with van der Waals surface area (Å²) in [4.78, 5) is 0. The Morgan fingerprint density at radius 3 is 2.32 bits per heavy atom. The summed E-state index contributed by atoms with van der Waals surface area (Å²) in [6.07, 6.45) is 3.90. The van der Waals surface area contributed by atoms with Gasteiger partial charge in [-0.15, -0.1) is 6.58 Å². The van der Waals surface area contributed by atoms with Gasteiger partial charge in [0.05, 0.1) is 19.2 Å². The number of rotatable bonds is 9. The van der Waals surface area contributed by atoms with Gasteiger partial charge in [0, 0.05) is 22.3 Å². The van der Waals surface area contributed by atoms with E-state index in [2.05, 4.69) is 91.5 Å². The van der Waals surface area contributed by atoms with E-state index in [4.69, 9.17) is 9.16 Å². The third-order valence-electron chi connectivity index (χ3n) is 4.94. The van der Waals surface area contributed by atoms with Crippen molar-refractivity contribution >= 4 is 48.5 Å². The Balaban J connectivity index is 2.58. The van der Waals surface area contributed by atoms with E-state index in [0.29, 0.717) is 6.73 Å². The molecule has 0 amide bonds. The lowest BCUT2D eigenvalue weighted by molar-refractivity contribution is 0.123. The normalized spacial score (nSPS) is 15.0. The van der Waals surface area contributed by atoms with Crippen LogP contribution < -0.4 is 5.32 Å². The monoisotopic (exact) mass is 481 g/mol. The lowest BCUT2D eigenvalue weighted by atomic mass is 9.97. The first-order valence-corrected chi connectivity index (χ1v) is 17.7. The van der Waals surface area contributed by atoms with Crippen molar-refractivity contribution in [3.05, 3.63) is 40.9 Å². The van der Waals surface area contributed by atoms with Crippen molar-refractivity contribution < 1.29 is 9.16 Å². The Kier molecular flexibility index (Phi) is 7.25. The van der Waals surface area contributed by atoms with E-state index in [1.54, 1.807) is 7.11 Å². The molecule has 0 N–H and O–H groups in total. The van der Waals surface area contributed by atoms with Crippen LogP contribution in [0.25, 0.3) is 10.9 Å². The van der Waals surface area contributed by atoms with E-state index < -0.39 is 16.4 Å². The molecule has 1 atom stereocenters. The third-order valence-corrected chi connectivity index (χ3v) is 8.51. The van der Waals surface area contributed by atoms with Crippen LogP contribution in [0.5, 0.6) is 0 Å². The van der Waals surface area contributed by atoms with Gasteiger partial charge >= 0.3 is 0 Å². The molecule has 0 saturated heterocycles. The summed E-state index contributed by atoms with van der Waals surface area (Å²) in [5, 5.41) is 2.80. The van der Waals surface area contributed by atoms with Crippen LogP contribution in [0, 0.1) is 0 Å². The van der Waals surface area contributed by atoms with Gasteiger partial charge in [-0.3, -0.25) is 0 Å². The summed E-state index contributed by atoms with van der Waals surface area (Å²) < 4.78 is 15.6. The van der Waals surface area contributed by atoms with E-state index in [9.17, 15) is 0 Å². The summed E-state index contributed by atoms with van der Waals surface area (Å²) in [7, 11) is -1.50. The minimum Gasteiger partial charge on any atom is -0.409 e. The SMILES string of the molecule is C=C[C@@](C)(CCc1c([Si](C)(C)C)n(COC)c2cc(Br)ccc12)O[Si](C)(C)C. The quantitative estimate of drug-likeness (QED) is 0.310. The second-order valence-corrected chi connectivity index (χ2v) is 20.1. The van der Waals surface area contributed by atoms with Gasteiger partial charge in [0.15, 0.2) is 8.32 Å². The van der Waals surface area contributed by atoms with Crippen LogP contribution in [-0.4, -0.2) is 33.7 Å². The van der Waals surface area contributed by atoms with Crippen molar-refractivity contribution in [2.45, 2.75) is 71.4 Å². The van der Waals surface area contributed by atoms with Gasteiger partial charge in [-0.05, 0) is 57.1 Å². The van der Waals surface area contributed by atoms with E-state index in [0.717, 1.165) is 17.3 Å². The molecule has 0 aliphatic rings. The number of hydrogen-bond acceptors (Lipinski definition) is 2. The summed E-state index contributed by atoms with van der Waals surface area (Å²) in [6, 6.07) is 6.60. The van der Waals surface area contributed by atoms with Gasteiger partial charge < -0.3 is 13.7 Å². The molecule has 6 heteroatoms. The van der Waals surface area contributed by atoms with Crippen LogP contribution in [0.2, 0.25) is 39.3 Å². The van der Waals surface area contributed by atoms with Crippen molar-refractivity contribution in [3.63, 3.8) is 0 Å². The van der Waals surface area contributed by atoms with Gasteiger partial charge in [-0.25, -0.2) is 0 Å². The van der Waals surface area contributed by atoms with E-state index >= 15 is 0 Å². The molecule has 0 saturated carbocycles. The molecule has 0 bridgehead atoms. The molecule has 0 fully saturated rings. The maximum absolute atomic E-state index is 6.50. The summed E-state index contributed by atoms with van der Waals surface area (Å²) >= 11 is 3.65. The largest absolute Gasteiger partial charge is 0.409 e. The number of fused-ring (bicyclic) bond motifs is 1. The van der Waals surface area contributed by atoms with Crippen LogP contribution in [0.15, 0.2) is 35.3 Å². The number of nitrogens with zero attached hydrogens (tertiary/aromatic N) is 1. The molecule has 2 rings (SSSR count). The fraction of sp³-hybridized carbons (Fsp3) is 0.545. The molecule has 0 aliphatic heterocycles. The maximum atomic E-state index is 6.50. The predicted octanol–water partition coefficient (Wildman–Crippen LogP) is 6.28. The zero-order valence-electron chi connectivity index (χ0n) is 18.8. The van der Waals surface area contributed by atoms with E-state index in [-0.39, 0.29) is 5.60 Å². The molecule has 0 spiro atoms. The molecule has 0 aliphatic carbocycles. The fourth-order valence-corrected chi connectivity index (χ4v) is 8.13. The van der Waals surface area contributed by atoms with Crippen molar-refractivity contribution in [2.24, 2.45) is 0 Å². The lowest BCUT2D eigenvalue weighted by Crippen LogP contribution is -2.45. The molecular weight excluding hydrogens is 446 g/mol. The number of hydrogen-bond donors (Lipinski definition) is 0. The number of benzene rings is 1. The molecular formula is C22H36BrNO2Si2. The molecule has 1 heterocycles. The molecule has 0 radical (unpaired) electrons. The summed E-state index contributed by atoms with van der Waals surface area (Å²) in [6.45, 7) is 20.8. The predicted molar refractivity (Wildman–Crippen MR) is 131 cm³/mol. The molecule has 3 nitrogen and oxygen atoms in total. The Hall–Kier alpha value is -0.666. The van der Waals surface area contributed by atoms with Crippen molar-refractivity contribution in [3.8, 4) is 0 Å². The first-order valence-electron chi connectivity index (χ1n) is 9.95. The van der Waals surface area contributed by atoms with Crippen molar-refractivity contribution in [2.75, 3.05) is 7.11 Å². The average Bonchev–Trinajstić information content (AvgIpc) is 2.85. The highest BCUT2D eigenvalue weighted by Crippen LogP contribution is 2.30. The molecule has 156 valence electrons.